The molecule has 0 unspecified atom stereocenters. The van der Waals surface area contributed by atoms with Crippen LogP contribution in [0.5, 0.6) is 5.88 Å². The summed E-state index contributed by atoms with van der Waals surface area (Å²) in [5.41, 5.74) is 2.08. The summed E-state index contributed by atoms with van der Waals surface area (Å²) in [6, 6.07) is 10.2. The maximum absolute atomic E-state index is 5.97. The molecule has 0 bridgehead atoms. The van der Waals surface area contributed by atoms with Crippen LogP contribution >= 0.6 is 0 Å². The van der Waals surface area contributed by atoms with Crippen molar-refractivity contribution < 1.29 is 4.74 Å². The van der Waals surface area contributed by atoms with Gasteiger partial charge >= 0.3 is 0 Å². The zero-order valence-electron chi connectivity index (χ0n) is 13.4. The topological polar surface area (TPSA) is 63.2 Å². The van der Waals surface area contributed by atoms with Crippen molar-refractivity contribution in [3.05, 3.63) is 54.5 Å². The number of pyridine rings is 1. The Morgan fingerprint density at radius 2 is 1.88 bits per heavy atom. The van der Waals surface area contributed by atoms with Crippen LogP contribution in [0, 0.1) is 0 Å². The quantitative estimate of drug-likeness (QED) is 0.793. The fourth-order valence-electron chi connectivity index (χ4n) is 2.88. The number of ether oxygens (including phenoxy) is 1. The van der Waals surface area contributed by atoms with E-state index in [0.29, 0.717) is 12.5 Å². The van der Waals surface area contributed by atoms with Gasteiger partial charge in [-0.1, -0.05) is 12.1 Å². The van der Waals surface area contributed by atoms with E-state index in [1.807, 2.05) is 18.2 Å². The molecule has 4 rings (SSSR count). The van der Waals surface area contributed by atoms with Crippen LogP contribution in [0.3, 0.4) is 0 Å². The molecule has 24 heavy (non-hydrogen) atoms. The minimum absolute atomic E-state index is 0.461. The number of rotatable bonds is 4. The number of benzene rings is 1. The highest BCUT2D eigenvalue weighted by atomic mass is 16.5. The van der Waals surface area contributed by atoms with Crippen LogP contribution < -0.4 is 15.0 Å². The van der Waals surface area contributed by atoms with Crippen LogP contribution in [-0.4, -0.2) is 41.1 Å². The fraction of sp³-hybridized carbons (Fsp3) is 0.278. The van der Waals surface area contributed by atoms with Crippen LogP contribution in [0.15, 0.2) is 48.9 Å². The van der Waals surface area contributed by atoms with Gasteiger partial charge in [0.1, 0.15) is 6.61 Å². The second-order valence-corrected chi connectivity index (χ2v) is 5.74. The Morgan fingerprint density at radius 3 is 2.79 bits per heavy atom. The lowest BCUT2D eigenvalue weighted by Gasteiger charge is -2.28. The summed E-state index contributed by atoms with van der Waals surface area (Å²) in [6.45, 7) is 4.19. The van der Waals surface area contributed by atoms with E-state index < -0.39 is 0 Å². The second-order valence-electron chi connectivity index (χ2n) is 5.74. The van der Waals surface area contributed by atoms with Gasteiger partial charge in [-0.05, 0) is 23.8 Å². The van der Waals surface area contributed by atoms with Gasteiger partial charge in [0.2, 0.25) is 0 Å². The number of nitrogens with zero attached hydrogens (tertiary/aromatic N) is 4. The molecule has 0 spiro atoms. The van der Waals surface area contributed by atoms with E-state index in [-0.39, 0.29) is 0 Å². The molecule has 1 N–H and O–H groups in total. The Balaban J connectivity index is 1.52. The van der Waals surface area contributed by atoms with Gasteiger partial charge in [-0.2, -0.15) is 0 Å². The zero-order valence-corrected chi connectivity index (χ0v) is 13.4. The van der Waals surface area contributed by atoms with E-state index in [1.54, 1.807) is 18.6 Å². The third-order valence-electron chi connectivity index (χ3n) is 4.11. The molecule has 0 atom stereocenters. The Hall–Kier alpha value is -2.73. The third kappa shape index (κ3) is 3.14. The van der Waals surface area contributed by atoms with Gasteiger partial charge in [0.25, 0.3) is 5.88 Å². The molecule has 1 aliphatic rings. The molecule has 122 valence electrons. The van der Waals surface area contributed by atoms with E-state index in [4.69, 9.17) is 4.74 Å². The van der Waals surface area contributed by atoms with Crippen molar-refractivity contribution in [1.29, 1.82) is 0 Å². The van der Waals surface area contributed by atoms with Crippen LogP contribution in [0.4, 0.5) is 5.82 Å². The predicted molar refractivity (Wildman–Crippen MR) is 93.2 cm³/mol. The Bertz CT molecular complexity index is 832. The molecule has 1 aromatic carbocycles. The van der Waals surface area contributed by atoms with E-state index in [0.717, 1.165) is 48.5 Å². The monoisotopic (exact) mass is 321 g/mol. The molecule has 3 heterocycles. The predicted octanol–water partition coefficient (Wildman–Crippen LogP) is 2.01. The van der Waals surface area contributed by atoms with Crippen molar-refractivity contribution in [1.82, 2.24) is 20.3 Å². The van der Waals surface area contributed by atoms with Gasteiger partial charge < -0.3 is 15.0 Å². The first-order chi connectivity index (χ1) is 11.9. The fourth-order valence-corrected chi connectivity index (χ4v) is 2.88. The van der Waals surface area contributed by atoms with Crippen LogP contribution in [0.25, 0.3) is 10.9 Å². The molecular weight excluding hydrogens is 302 g/mol. The van der Waals surface area contributed by atoms with Gasteiger partial charge in [-0.15, -0.1) is 0 Å². The number of nitrogens with one attached hydrogen (secondary N) is 1. The highest BCUT2D eigenvalue weighted by molar-refractivity contribution is 5.78. The van der Waals surface area contributed by atoms with Crippen LogP contribution in [-0.2, 0) is 6.61 Å². The smallest absolute Gasteiger partial charge is 0.257 e. The van der Waals surface area contributed by atoms with Gasteiger partial charge in [-0.3, -0.25) is 4.98 Å². The van der Waals surface area contributed by atoms with Crippen molar-refractivity contribution in [3.63, 3.8) is 0 Å². The molecule has 6 nitrogen and oxygen atoms in total. The summed E-state index contributed by atoms with van der Waals surface area (Å²) < 4.78 is 5.97. The Morgan fingerprint density at radius 1 is 1.00 bits per heavy atom. The molecule has 1 fully saturated rings. The van der Waals surface area contributed by atoms with Crippen molar-refractivity contribution in [2.24, 2.45) is 0 Å². The lowest BCUT2D eigenvalue weighted by atomic mass is 10.1. The Kier molecular flexibility index (Phi) is 4.20. The Labute approximate surface area is 140 Å². The first kappa shape index (κ1) is 14.8. The van der Waals surface area contributed by atoms with Crippen molar-refractivity contribution in [3.8, 4) is 5.88 Å². The van der Waals surface area contributed by atoms with Crippen molar-refractivity contribution >= 4 is 16.7 Å². The van der Waals surface area contributed by atoms with E-state index in [1.165, 1.54) is 0 Å². The normalized spacial score (nSPS) is 14.8. The minimum atomic E-state index is 0.461. The van der Waals surface area contributed by atoms with E-state index in [2.05, 4.69) is 37.3 Å². The number of anilines is 1. The number of hydrogen-bond donors (Lipinski definition) is 1. The number of fused-ring (bicyclic) bond motifs is 1. The molecule has 0 radical (unpaired) electrons. The van der Waals surface area contributed by atoms with Crippen molar-refractivity contribution in [2.45, 2.75) is 6.61 Å². The molecule has 0 amide bonds. The molecule has 0 saturated carbocycles. The summed E-state index contributed by atoms with van der Waals surface area (Å²) in [4.78, 5) is 15.4. The maximum atomic E-state index is 5.97. The van der Waals surface area contributed by atoms with E-state index >= 15 is 0 Å². The molecular formula is C18H19N5O. The largest absolute Gasteiger partial charge is 0.470 e. The van der Waals surface area contributed by atoms with Crippen LogP contribution in [0.1, 0.15) is 5.56 Å². The van der Waals surface area contributed by atoms with Crippen LogP contribution in [0.2, 0.25) is 0 Å². The first-order valence-corrected chi connectivity index (χ1v) is 8.13. The molecule has 1 aliphatic heterocycles. The summed E-state index contributed by atoms with van der Waals surface area (Å²) >= 11 is 0. The average molecular weight is 321 g/mol. The molecule has 0 aliphatic carbocycles. The lowest BCUT2D eigenvalue weighted by Crippen LogP contribution is -2.44. The van der Waals surface area contributed by atoms with Gasteiger partial charge in [0.05, 0.1) is 5.52 Å². The summed E-state index contributed by atoms with van der Waals surface area (Å²) in [7, 11) is 0. The number of piperazine rings is 1. The molecule has 3 aromatic rings. The van der Waals surface area contributed by atoms with E-state index in [9.17, 15) is 0 Å². The van der Waals surface area contributed by atoms with Gasteiger partial charge in [-0.25, -0.2) is 9.97 Å². The summed E-state index contributed by atoms with van der Waals surface area (Å²) in [5.74, 6) is 1.41. The van der Waals surface area contributed by atoms with Gasteiger partial charge in [0, 0.05) is 50.2 Å². The van der Waals surface area contributed by atoms with Gasteiger partial charge in [0.15, 0.2) is 5.82 Å². The van der Waals surface area contributed by atoms with Crippen molar-refractivity contribution in [2.75, 3.05) is 31.1 Å². The summed E-state index contributed by atoms with van der Waals surface area (Å²) in [5, 5.41) is 4.45. The zero-order chi connectivity index (χ0) is 16.2. The first-order valence-electron chi connectivity index (χ1n) is 8.13. The molecule has 2 aromatic heterocycles. The second kappa shape index (κ2) is 6.80. The highest BCUT2D eigenvalue weighted by Gasteiger charge is 2.17. The maximum Gasteiger partial charge on any atom is 0.257 e. The summed E-state index contributed by atoms with van der Waals surface area (Å²) in [6.07, 6.45) is 5.19. The third-order valence-corrected chi connectivity index (χ3v) is 4.11. The standard InChI is InChI=1S/C18H19N5O/c1-2-15-12-14(3-4-16(15)20-5-1)13-24-18-17(21-6-7-22-18)23-10-8-19-9-11-23/h1-7,12,19H,8-11,13H2. The average Bonchev–Trinajstić information content (AvgIpc) is 2.67. The minimum Gasteiger partial charge on any atom is -0.470 e. The number of hydrogen-bond acceptors (Lipinski definition) is 6. The highest BCUT2D eigenvalue weighted by Crippen LogP contribution is 2.24. The SMILES string of the molecule is c1cnc2ccc(COc3nccnc3N3CCNCC3)cc2c1. The molecule has 6 heteroatoms. The number of aromatic nitrogens is 3. The molecule has 1 saturated heterocycles. The lowest BCUT2D eigenvalue weighted by molar-refractivity contribution is 0.292.